The average molecular weight is 498 g/mol. The fraction of sp³-hybridized carbons (Fsp3) is 0.250. The van der Waals surface area contributed by atoms with Crippen molar-refractivity contribution in [3.05, 3.63) is 101 Å². The Morgan fingerprint density at radius 2 is 1.69 bits per heavy atom. The van der Waals surface area contributed by atoms with Crippen LogP contribution >= 0.6 is 11.8 Å². The van der Waals surface area contributed by atoms with Crippen molar-refractivity contribution in [3.8, 4) is 5.82 Å². The molecule has 2 aromatic heterocycles. The quantitative estimate of drug-likeness (QED) is 0.248. The molecule has 1 aliphatic rings. The highest BCUT2D eigenvalue weighted by atomic mass is 32.2. The van der Waals surface area contributed by atoms with E-state index >= 15 is 0 Å². The Balaban J connectivity index is 1.55. The molecular weight excluding hydrogens is 470 g/mol. The first-order chi connectivity index (χ1) is 17.5. The fourth-order valence-electron chi connectivity index (χ4n) is 4.23. The van der Waals surface area contributed by atoms with Gasteiger partial charge in [-0.3, -0.25) is 14.2 Å². The lowest BCUT2D eigenvalue weighted by Gasteiger charge is -2.18. The molecule has 4 aromatic rings. The predicted octanol–water partition coefficient (Wildman–Crippen LogP) is 5.12. The molecule has 1 aliphatic heterocycles. The van der Waals surface area contributed by atoms with Gasteiger partial charge in [0, 0.05) is 24.7 Å². The van der Waals surface area contributed by atoms with Gasteiger partial charge in [0.05, 0.1) is 6.54 Å². The monoisotopic (exact) mass is 497 g/mol. The molecule has 8 heteroatoms. The minimum Gasteiger partial charge on any atom is -0.335 e. The molecule has 1 fully saturated rings. The summed E-state index contributed by atoms with van der Waals surface area (Å²) in [5.74, 6) is 1.39. The summed E-state index contributed by atoms with van der Waals surface area (Å²) in [4.78, 5) is 32.4. The first-order valence-electron chi connectivity index (χ1n) is 12.0. The van der Waals surface area contributed by atoms with Crippen LogP contribution in [0.3, 0.4) is 0 Å². The molecule has 1 saturated heterocycles. The summed E-state index contributed by atoms with van der Waals surface area (Å²) in [5, 5.41) is 8.95. The van der Waals surface area contributed by atoms with Crippen molar-refractivity contribution in [3.63, 3.8) is 0 Å². The number of rotatable bonds is 8. The van der Waals surface area contributed by atoms with Crippen LogP contribution in [0.25, 0.3) is 5.82 Å². The number of benzene rings is 2. The van der Waals surface area contributed by atoms with E-state index in [1.807, 2.05) is 85.1 Å². The van der Waals surface area contributed by atoms with Crippen molar-refractivity contribution in [1.82, 2.24) is 24.6 Å². The Morgan fingerprint density at radius 3 is 2.33 bits per heavy atom. The number of pyridine rings is 1. The number of amides is 1. The van der Waals surface area contributed by atoms with Gasteiger partial charge in [-0.25, -0.2) is 4.98 Å². The van der Waals surface area contributed by atoms with Gasteiger partial charge in [0.25, 0.3) is 0 Å². The molecule has 182 valence electrons. The van der Waals surface area contributed by atoms with E-state index < -0.39 is 5.25 Å². The van der Waals surface area contributed by atoms with Gasteiger partial charge in [0.2, 0.25) is 5.91 Å². The Hall–Kier alpha value is -3.78. The van der Waals surface area contributed by atoms with Gasteiger partial charge in [-0.1, -0.05) is 77.5 Å². The number of aromatic nitrogens is 4. The van der Waals surface area contributed by atoms with Gasteiger partial charge in [-0.2, -0.15) is 0 Å². The fourth-order valence-corrected chi connectivity index (χ4v) is 5.37. The van der Waals surface area contributed by atoms with Gasteiger partial charge in [0.15, 0.2) is 16.8 Å². The molecule has 7 nitrogen and oxygen atoms in total. The lowest BCUT2D eigenvalue weighted by atomic mass is 10.0. The van der Waals surface area contributed by atoms with Crippen LogP contribution < -0.4 is 0 Å². The van der Waals surface area contributed by atoms with Gasteiger partial charge in [-0.15, -0.1) is 10.2 Å². The molecule has 0 radical (unpaired) electrons. The highest BCUT2D eigenvalue weighted by molar-refractivity contribution is 8.00. The predicted molar refractivity (Wildman–Crippen MR) is 139 cm³/mol. The number of hydrogen-bond acceptors (Lipinski definition) is 6. The number of carbonyl (C=O) groups is 2. The van der Waals surface area contributed by atoms with E-state index in [1.54, 1.807) is 11.1 Å². The van der Waals surface area contributed by atoms with Crippen molar-refractivity contribution in [2.45, 2.75) is 43.6 Å². The Labute approximate surface area is 214 Å². The first kappa shape index (κ1) is 23.9. The van der Waals surface area contributed by atoms with Crippen molar-refractivity contribution in [1.29, 1.82) is 0 Å². The van der Waals surface area contributed by atoms with E-state index in [1.165, 1.54) is 11.8 Å². The molecule has 0 N–H and O–H groups in total. The molecule has 3 heterocycles. The Morgan fingerprint density at radius 1 is 0.972 bits per heavy atom. The summed E-state index contributed by atoms with van der Waals surface area (Å²) in [6.45, 7) is 5.08. The average Bonchev–Trinajstić information content (AvgIpc) is 3.49. The minimum absolute atomic E-state index is 0.00399. The zero-order chi connectivity index (χ0) is 25.1. The van der Waals surface area contributed by atoms with Gasteiger partial charge >= 0.3 is 0 Å². The van der Waals surface area contributed by atoms with Crippen LogP contribution in [0.15, 0.2) is 78.1 Å². The third-order valence-electron chi connectivity index (χ3n) is 6.26. The first-order valence-corrected chi connectivity index (χ1v) is 12.8. The van der Waals surface area contributed by atoms with Gasteiger partial charge in [0.1, 0.15) is 11.1 Å². The molecular formula is C28H27N5O2S. The third kappa shape index (κ3) is 5.09. The highest BCUT2D eigenvalue weighted by Gasteiger charge is 2.29. The van der Waals surface area contributed by atoms with Crippen LogP contribution in [0.5, 0.6) is 0 Å². The number of Topliss-reactive ketones (excluding diaryl/α,β-unsaturated/α-hetero) is 1. The third-order valence-corrected chi connectivity index (χ3v) is 7.46. The van der Waals surface area contributed by atoms with E-state index in [-0.39, 0.29) is 11.7 Å². The molecule has 0 aliphatic carbocycles. The molecule has 0 bridgehead atoms. The molecule has 5 rings (SSSR count). The van der Waals surface area contributed by atoms with Crippen molar-refractivity contribution >= 4 is 23.5 Å². The standard InChI is InChI=1S/C28H27N5O2S/c1-19-8-12-21(13-9-19)26(35)27(22-14-10-20(2)11-15-22)36-28-31-30-24(18-32-17-5-7-25(32)34)33(28)23-6-3-4-16-29-23/h3-4,6,8-16,27H,5,7,17-18H2,1-2H3/t27-/m0/s1. The summed E-state index contributed by atoms with van der Waals surface area (Å²) in [5.41, 5.74) is 3.76. The van der Waals surface area contributed by atoms with Gasteiger partial charge < -0.3 is 4.90 Å². The number of nitrogens with zero attached hydrogens (tertiary/aromatic N) is 5. The molecule has 2 aromatic carbocycles. The second-order valence-corrected chi connectivity index (χ2v) is 10.1. The topological polar surface area (TPSA) is 81.0 Å². The van der Waals surface area contributed by atoms with Crippen LogP contribution in [0.1, 0.15) is 51.0 Å². The van der Waals surface area contributed by atoms with Crippen LogP contribution in [0, 0.1) is 13.8 Å². The molecule has 0 unspecified atom stereocenters. The molecule has 0 saturated carbocycles. The number of aryl methyl sites for hydroxylation is 2. The number of likely N-dealkylation sites (tertiary alicyclic amines) is 1. The zero-order valence-electron chi connectivity index (χ0n) is 20.3. The number of hydrogen-bond donors (Lipinski definition) is 0. The molecule has 0 spiro atoms. The van der Waals surface area contributed by atoms with Crippen LogP contribution in [0.4, 0.5) is 0 Å². The van der Waals surface area contributed by atoms with Crippen molar-refractivity contribution < 1.29 is 9.59 Å². The smallest absolute Gasteiger partial charge is 0.223 e. The Kier molecular flexibility index (Phi) is 6.95. The maximum Gasteiger partial charge on any atom is 0.223 e. The van der Waals surface area contributed by atoms with Crippen LogP contribution in [-0.4, -0.2) is 42.9 Å². The maximum atomic E-state index is 13.8. The summed E-state index contributed by atoms with van der Waals surface area (Å²) >= 11 is 1.35. The molecule has 1 amide bonds. The minimum atomic E-state index is -0.527. The van der Waals surface area contributed by atoms with E-state index in [4.69, 9.17) is 0 Å². The number of thioether (sulfide) groups is 1. The number of carbonyl (C=O) groups excluding carboxylic acids is 2. The summed E-state index contributed by atoms with van der Waals surface area (Å²) in [6, 6.07) is 21.3. The van der Waals surface area contributed by atoms with E-state index in [9.17, 15) is 9.59 Å². The normalized spacial score (nSPS) is 14.3. The zero-order valence-corrected chi connectivity index (χ0v) is 21.1. The van der Waals surface area contributed by atoms with E-state index in [0.717, 1.165) is 23.1 Å². The lowest BCUT2D eigenvalue weighted by Crippen LogP contribution is -2.26. The maximum absolute atomic E-state index is 13.8. The summed E-state index contributed by atoms with van der Waals surface area (Å²) in [7, 11) is 0. The second-order valence-electron chi connectivity index (χ2n) is 8.98. The molecule has 1 atom stereocenters. The van der Waals surface area contributed by atoms with Crippen LogP contribution in [0.2, 0.25) is 0 Å². The van der Waals surface area contributed by atoms with Crippen LogP contribution in [-0.2, 0) is 11.3 Å². The highest BCUT2D eigenvalue weighted by Crippen LogP contribution is 2.38. The van der Waals surface area contributed by atoms with Crippen molar-refractivity contribution in [2.24, 2.45) is 0 Å². The lowest BCUT2D eigenvalue weighted by molar-refractivity contribution is -0.128. The second kappa shape index (κ2) is 10.5. The van der Waals surface area contributed by atoms with E-state index in [0.29, 0.717) is 41.9 Å². The molecule has 36 heavy (non-hydrogen) atoms. The van der Waals surface area contributed by atoms with Gasteiger partial charge in [-0.05, 0) is 38.0 Å². The largest absolute Gasteiger partial charge is 0.335 e. The summed E-state index contributed by atoms with van der Waals surface area (Å²) < 4.78 is 1.86. The van der Waals surface area contributed by atoms with Crippen molar-refractivity contribution in [2.75, 3.05) is 6.54 Å². The Bertz CT molecular complexity index is 1370. The summed E-state index contributed by atoms with van der Waals surface area (Å²) in [6.07, 6.45) is 3.11. The van der Waals surface area contributed by atoms with E-state index in [2.05, 4.69) is 15.2 Å². The number of ketones is 1. The SMILES string of the molecule is Cc1ccc(C(=O)[C@@H](Sc2nnc(CN3CCCC3=O)n2-c2ccccn2)c2ccc(C)cc2)cc1.